The molecule has 2 nitrogen and oxygen atoms in total. The number of pyridine rings is 1. The summed E-state index contributed by atoms with van der Waals surface area (Å²) in [6, 6.07) is 4.35. The van der Waals surface area contributed by atoms with Gasteiger partial charge in [0.25, 0.3) is 0 Å². The summed E-state index contributed by atoms with van der Waals surface area (Å²) in [4.78, 5) is 4.11. The fraction of sp³-hybridized carbons (Fsp3) is 0.500. The Balaban J connectivity index is 1.52. The van der Waals surface area contributed by atoms with Crippen LogP contribution in [-0.2, 0) is 25.4 Å². The van der Waals surface area contributed by atoms with Crippen LogP contribution in [0.25, 0.3) is 0 Å². The molecule has 168 valence electrons. The van der Waals surface area contributed by atoms with E-state index in [4.69, 9.17) is 0 Å². The van der Waals surface area contributed by atoms with Gasteiger partial charge < -0.3 is 5.32 Å². The fourth-order valence-corrected chi connectivity index (χ4v) is 4.12. The van der Waals surface area contributed by atoms with Crippen molar-refractivity contribution in [3.05, 3.63) is 64.2 Å². The van der Waals surface area contributed by atoms with E-state index in [9.17, 15) is 30.7 Å². The van der Waals surface area contributed by atoms with E-state index in [1.165, 1.54) is 6.07 Å². The van der Waals surface area contributed by atoms with Gasteiger partial charge in [-0.15, -0.1) is 0 Å². The molecule has 4 rings (SSSR count). The summed E-state index contributed by atoms with van der Waals surface area (Å²) >= 11 is 0. The molecule has 31 heavy (non-hydrogen) atoms. The molecule has 2 aliphatic rings. The first-order chi connectivity index (χ1) is 14.5. The van der Waals surface area contributed by atoms with Crippen LogP contribution in [0.3, 0.4) is 0 Å². The lowest BCUT2D eigenvalue weighted by Gasteiger charge is -2.19. The third-order valence-electron chi connectivity index (χ3n) is 5.85. The molecule has 2 aromatic rings. The van der Waals surface area contributed by atoms with E-state index < -0.39 is 29.4 Å². The predicted octanol–water partition coefficient (Wildman–Crippen LogP) is 6.45. The maximum atomic E-state index is 13.8. The molecule has 0 saturated heterocycles. The zero-order valence-corrected chi connectivity index (χ0v) is 16.5. The normalized spacial score (nSPS) is 17.4. The average Bonchev–Trinajstić information content (AvgIpc) is 3.57. The molecule has 0 atom stereocenters. The van der Waals surface area contributed by atoms with Gasteiger partial charge in [-0.05, 0) is 72.9 Å². The first-order valence-electron chi connectivity index (χ1n) is 10.2. The zero-order chi connectivity index (χ0) is 22.4. The van der Waals surface area contributed by atoms with Gasteiger partial charge in [0, 0.05) is 19.0 Å². The van der Waals surface area contributed by atoms with Crippen molar-refractivity contribution in [2.24, 2.45) is 11.8 Å². The molecule has 2 fully saturated rings. The number of nitrogens with one attached hydrogen (secondary N) is 1. The van der Waals surface area contributed by atoms with E-state index in [-0.39, 0.29) is 30.6 Å². The molecule has 1 aromatic carbocycles. The van der Waals surface area contributed by atoms with Crippen LogP contribution in [-0.4, -0.2) is 4.98 Å². The monoisotopic (exact) mass is 446 g/mol. The third kappa shape index (κ3) is 5.37. The highest BCUT2D eigenvalue weighted by atomic mass is 19.4. The highest BCUT2D eigenvalue weighted by Crippen LogP contribution is 2.54. The molecule has 0 aliphatic heterocycles. The molecule has 0 amide bonds. The number of rotatable bonds is 7. The van der Waals surface area contributed by atoms with Crippen LogP contribution < -0.4 is 5.32 Å². The number of hydrogen-bond acceptors (Lipinski definition) is 2. The molecule has 2 aliphatic carbocycles. The fourth-order valence-electron chi connectivity index (χ4n) is 4.12. The first-order valence-corrected chi connectivity index (χ1v) is 10.2. The SMILES string of the molecule is Fc1ccc(CNCc2cc(C(F)(F)F)cc(C(F)(F)F)c2)c(C(C2CC2)C2CC2)n1. The molecular weight excluding hydrogens is 425 g/mol. The van der Waals surface area contributed by atoms with Crippen LogP contribution in [0.2, 0.25) is 0 Å². The van der Waals surface area contributed by atoms with E-state index in [1.54, 1.807) is 6.07 Å². The summed E-state index contributed by atoms with van der Waals surface area (Å²) in [6.07, 6.45) is -5.50. The van der Waals surface area contributed by atoms with Gasteiger partial charge in [-0.1, -0.05) is 6.07 Å². The molecule has 0 spiro atoms. The van der Waals surface area contributed by atoms with Crippen LogP contribution in [0.5, 0.6) is 0 Å². The maximum absolute atomic E-state index is 13.8. The van der Waals surface area contributed by atoms with Crippen molar-refractivity contribution < 1.29 is 30.7 Å². The summed E-state index contributed by atoms with van der Waals surface area (Å²) in [5, 5.41) is 2.91. The lowest BCUT2D eigenvalue weighted by molar-refractivity contribution is -0.143. The first kappa shape index (κ1) is 22.0. The number of hydrogen-bond donors (Lipinski definition) is 1. The van der Waals surface area contributed by atoms with Crippen molar-refractivity contribution in [1.82, 2.24) is 10.3 Å². The van der Waals surface area contributed by atoms with Crippen molar-refractivity contribution in [3.63, 3.8) is 0 Å². The number of aromatic nitrogens is 1. The lowest BCUT2D eigenvalue weighted by atomic mass is 9.90. The van der Waals surface area contributed by atoms with Gasteiger partial charge in [0.05, 0.1) is 16.8 Å². The van der Waals surface area contributed by atoms with Crippen molar-refractivity contribution in [3.8, 4) is 0 Å². The summed E-state index contributed by atoms with van der Waals surface area (Å²) in [7, 11) is 0. The molecule has 9 heteroatoms. The van der Waals surface area contributed by atoms with E-state index >= 15 is 0 Å². The predicted molar refractivity (Wildman–Crippen MR) is 99.4 cm³/mol. The van der Waals surface area contributed by atoms with Crippen LogP contribution in [0, 0.1) is 17.8 Å². The second-order valence-corrected chi connectivity index (χ2v) is 8.40. The molecular formula is C22H21F7N2. The quantitative estimate of drug-likeness (QED) is 0.391. The highest BCUT2D eigenvalue weighted by Gasteiger charge is 2.44. The van der Waals surface area contributed by atoms with Gasteiger partial charge in [0.15, 0.2) is 0 Å². The van der Waals surface area contributed by atoms with Gasteiger partial charge in [0.2, 0.25) is 5.95 Å². The van der Waals surface area contributed by atoms with Gasteiger partial charge in [-0.25, -0.2) is 4.98 Å². The van der Waals surface area contributed by atoms with Crippen LogP contribution in [0.15, 0.2) is 30.3 Å². The van der Waals surface area contributed by atoms with Gasteiger partial charge in [-0.2, -0.15) is 30.7 Å². The summed E-state index contributed by atoms with van der Waals surface area (Å²) in [5.41, 5.74) is -1.41. The van der Waals surface area contributed by atoms with E-state index in [0.717, 1.165) is 31.2 Å². The van der Waals surface area contributed by atoms with Crippen LogP contribution in [0.1, 0.15) is 59.5 Å². The van der Waals surface area contributed by atoms with Crippen LogP contribution in [0.4, 0.5) is 30.7 Å². The zero-order valence-electron chi connectivity index (χ0n) is 16.5. The summed E-state index contributed by atoms with van der Waals surface area (Å²) < 4.78 is 92.0. The van der Waals surface area contributed by atoms with Crippen molar-refractivity contribution in [1.29, 1.82) is 0 Å². The van der Waals surface area contributed by atoms with E-state index in [0.29, 0.717) is 29.7 Å². The molecule has 0 radical (unpaired) electrons. The van der Waals surface area contributed by atoms with Crippen molar-refractivity contribution in [2.45, 2.75) is 57.0 Å². The minimum absolute atomic E-state index is 0.112. The smallest absolute Gasteiger partial charge is 0.309 e. The van der Waals surface area contributed by atoms with E-state index in [2.05, 4.69) is 10.3 Å². The Bertz CT molecular complexity index is 900. The molecule has 1 aromatic heterocycles. The second-order valence-electron chi connectivity index (χ2n) is 8.40. The van der Waals surface area contributed by atoms with Gasteiger partial charge in [0.1, 0.15) is 0 Å². The van der Waals surface area contributed by atoms with Crippen molar-refractivity contribution in [2.75, 3.05) is 0 Å². The number of benzene rings is 1. The molecule has 1 heterocycles. The second kappa shape index (κ2) is 8.07. The number of alkyl halides is 6. The molecule has 2 saturated carbocycles. The van der Waals surface area contributed by atoms with Crippen LogP contribution >= 0.6 is 0 Å². The maximum Gasteiger partial charge on any atom is 0.416 e. The summed E-state index contributed by atoms with van der Waals surface area (Å²) in [5.74, 6) is 0.521. The molecule has 0 unspecified atom stereocenters. The Morgan fingerprint density at radius 2 is 1.39 bits per heavy atom. The molecule has 1 N–H and O–H groups in total. The van der Waals surface area contributed by atoms with Gasteiger partial charge in [-0.3, -0.25) is 0 Å². The van der Waals surface area contributed by atoms with Crippen molar-refractivity contribution >= 4 is 0 Å². The third-order valence-corrected chi connectivity index (χ3v) is 5.85. The Morgan fingerprint density at radius 1 is 0.839 bits per heavy atom. The van der Waals surface area contributed by atoms with E-state index in [1.807, 2.05) is 0 Å². The minimum atomic E-state index is -4.88. The Kier molecular flexibility index (Phi) is 5.74. The average molecular weight is 446 g/mol. The standard InChI is InChI=1S/C22H21F7N2/c23-18-6-5-15(20(31-18)19(13-1-2-13)14-3-4-14)11-30-10-12-7-16(21(24,25)26)9-17(8-12)22(27,28)29/h5-9,13-14,19,30H,1-4,10-11H2. The Labute approximate surface area is 174 Å². The molecule has 0 bridgehead atoms. The topological polar surface area (TPSA) is 24.9 Å². The largest absolute Gasteiger partial charge is 0.416 e. The van der Waals surface area contributed by atoms with Gasteiger partial charge >= 0.3 is 12.4 Å². The number of halogens is 7. The Hall–Kier alpha value is -2.16. The Morgan fingerprint density at radius 3 is 1.87 bits per heavy atom. The lowest BCUT2D eigenvalue weighted by Crippen LogP contribution is -2.19. The number of nitrogens with zero attached hydrogens (tertiary/aromatic N) is 1. The highest BCUT2D eigenvalue weighted by molar-refractivity contribution is 5.34. The summed E-state index contributed by atoms with van der Waals surface area (Å²) in [6.45, 7) is -0.0164. The minimum Gasteiger partial charge on any atom is -0.309 e.